The van der Waals surface area contributed by atoms with E-state index in [1.54, 1.807) is 0 Å². The quantitative estimate of drug-likeness (QED) is 0.450. The fourth-order valence-electron chi connectivity index (χ4n) is 3.42. The minimum atomic E-state index is -1.37. The van der Waals surface area contributed by atoms with Gasteiger partial charge in [0.25, 0.3) is 0 Å². The summed E-state index contributed by atoms with van der Waals surface area (Å²) in [5.74, 6) is -1.07. The van der Waals surface area contributed by atoms with Crippen molar-refractivity contribution in [2.24, 2.45) is 0 Å². The van der Waals surface area contributed by atoms with E-state index >= 15 is 0 Å². The SMILES string of the molecule is Cc1ccc(CNC(C)(CO)C(=O)O)cc1C=Cc1cccc(-c2ccccc2)c1C. The predicted molar refractivity (Wildman–Crippen MR) is 127 cm³/mol. The smallest absolute Gasteiger partial charge is 0.326 e. The molecule has 4 nitrogen and oxygen atoms in total. The highest BCUT2D eigenvalue weighted by Crippen LogP contribution is 2.27. The first-order valence-electron chi connectivity index (χ1n) is 10.4. The fraction of sp³-hybridized carbons (Fsp3) is 0.222. The summed E-state index contributed by atoms with van der Waals surface area (Å²) in [6.45, 7) is 5.55. The van der Waals surface area contributed by atoms with Crippen LogP contribution in [0.2, 0.25) is 0 Å². The van der Waals surface area contributed by atoms with Crippen LogP contribution in [-0.4, -0.2) is 28.3 Å². The van der Waals surface area contributed by atoms with Crippen molar-refractivity contribution in [3.63, 3.8) is 0 Å². The first kappa shape index (κ1) is 22.5. The van der Waals surface area contributed by atoms with Crippen molar-refractivity contribution in [1.29, 1.82) is 0 Å². The fourth-order valence-corrected chi connectivity index (χ4v) is 3.42. The van der Waals surface area contributed by atoms with Crippen LogP contribution in [0, 0.1) is 13.8 Å². The molecule has 0 aliphatic rings. The molecule has 0 aromatic heterocycles. The summed E-state index contributed by atoms with van der Waals surface area (Å²) in [5.41, 5.74) is 6.60. The second kappa shape index (κ2) is 9.73. The normalized spacial score (nSPS) is 13.3. The molecule has 3 N–H and O–H groups in total. The van der Waals surface area contributed by atoms with Crippen LogP contribution in [0.5, 0.6) is 0 Å². The summed E-state index contributed by atoms with van der Waals surface area (Å²) in [5, 5.41) is 21.7. The van der Waals surface area contributed by atoms with Crippen LogP contribution in [0.15, 0.2) is 66.7 Å². The monoisotopic (exact) mass is 415 g/mol. The molecule has 0 saturated heterocycles. The molecule has 0 aliphatic carbocycles. The highest BCUT2D eigenvalue weighted by Gasteiger charge is 2.31. The molecular formula is C27H29NO3. The summed E-state index contributed by atoms with van der Waals surface area (Å²) in [4.78, 5) is 11.4. The van der Waals surface area contributed by atoms with Crippen LogP contribution >= 0.6 is 0 Å². The summed E-state index contributed by atoms with van der Waals surface area (Å²) in [6, 6.07) is 22.7. The maximum atomic E-state index is 11.4. The Morgan fingerprint density at radius 3 is 2.35 bits per heavy atom. The molecule has 0 aliphatic heterocycles. The second-order valence-electron chi connectivity index (χ2n) is 8.06. The third kappa shape index (κ3) is 5.29. The van der Waals surface area contributed by atoms with Gasteiger partial charge in [-0.1, -0.05) is 78.9 Å². The van der Waals surface area contributed by atoms with Gasteiger partial charge in [0.15, 0.2) is 0 Å². The van der Waals surface area contributed by atoms with Crippen molar-refractivity contribution in [3.05, 3.63) is 94.5 Å². The topological polar surface area (TPSA) is 69.6 Å². The number of aliphatic carboxylic acids is 1. The molecule has 4 heteroatoms. The van der Waals surface area contributed by atoms with E-state index in [1.807, 2.05) is 30.3 Å². The Morgan fingerprint density at radius 1 is 0.968 bits per heavy atom. The first-order chi connectivity index (χ1) is 14.8. The molecule has 1 unspecified atom stereocenters. The van der Waals surface area contributed by atoms with Crippen LogP contribution in [0.4, 0.5) is 0 Å². The second-order valence-corrected chi connectivity index (χ2v) is 8.06. The van der Waals surface area contributed by atoms with Gasteiger partial charge < -0.3 is 10.2 Å². The van der Waals surface area contributed by atoms with Crippen molar-refractivity contribution in [2.75, 3.05) is 6.61 Å². The molecule has 31 heavy (non-hydrogen) atoms. The van der Waals surface area contributed by atoms with E-state index in [9.17, 15) is 15.0 Å². The Morgan fingerprint density at radius 2 is 1.68 bits per heavy atom. The summed E-state index contributed by atoms with van der Waals surface area (Å²) >= 11 is 0. The maximum absolute atomic E-state index is 11.4. The highest BCUT2D eigenvalue weighted by molar-refractivity contribution is 5.79. The molecule has 0 saturated carbocycles. The molecule has 0 radical (unpaired) electrons. The number of carbonyl (C=O) groups is 1. The summed E-state index contributed by atoms with van der Waals surface area (Å²) in [7, 11) is 0. The lowest BCUT2D eigenvalue weighted by Crippen LogP contribution is -2.52. The van der Waals surface area contributed by atoms with Gasteiger partial charge in [-0.05, 0) is 59.7 Å². The maximum Gasteiger partial charge on any atom is 0.326 e. The standard InChI is InChI=1S/C27H29NO3/c1-19-12-13-21(17-28-27(3,18-29)26(30)31)16-24(19)15-14-22-10-7-11-25(20(22)2)23-8-5-4-6-9-23/h4-16,28-29H,17-18H2,1-3H3,(H,30,31). The molecule has 0 spiro atoms. The number of rotatable bonds is 8. The van der Waals surface area contributed by atoms with E-state index in [4.69, 9.17) is 0 Å². The molecule has 0 bridgehead atoms. The van der Waals surface area contributed by atoms with Gasteiger partial charge in [-0.2, -0.15) is 0 Å². The van der Waals surface area contributed by atoms with Gasteiger partial charge in [0.05, 0.1) is 6.61 Å². The summed E-state index contributed by atoms with van der Waals surface area (Å²) < 4.78 is 0. The molecule has 0 fully saturated rings. The van der Waals surface area contributed by atoms with Crippen LogP contribution in [0.25, 0.3) is 23.3 Å². The van der Waals surface area contributed by atoms with Gasteiger partial charge >= 0.3 is 5.97 Å². The van der Waals surface area contributed by atoms with Gasteiger partial charge in [-0.25, -0.2) is 0 Å². The van der Waals surface area contributed by atoms with Crippen LogP contribution < -0.4 is 5.32 Å². The Balaban J connectivity index is 1.83. The van der Waals surface area contributed by atoms with Crippen molar-refractivity contribution >= 4 is 18.1 Å². The Bertz CT molecular complexity index is 1090. The Kier molecular flexibility index (Phi) is 7.06. The number of carboxylic acid groups (broad SMARTS) is 1. The lowest BCUT2D eigenvalue weighted by atomic mass is 9.95. The molecule has 160 valence electrons. The van der Waals surface area contributed by atoms with Gasteiger partial charge in [-0.3, -0.25) is 10.1 Å². The van der Waals surface area contributed by atoms with Crippen molar-refractivity contribution in [2.45, 2.75) is 32.9 Å². The number of aryl methyl sites for hydroxylation is 1. The van der Waals surface area contributed by atoms with E-state index < -0.39 is 18.1 Å². The van der Waals surface area contributed by atoms with Crippen LogP contribution in [0.1, 0.15) is 34.7 Å². The zero-order chi connectivity index (χ0) is 22.4. The van der Waals surface area contributed by atoms with E-state index in [0.717, 1.165) is 22.3 Å². The molecular weight excluding hydrogens is 386 g/mol. The molecule has 0 heterocycles. The molecule has 3 aromatic rings. The molecule has 3 rings (SSSR count). The molecule has 1 atom stereocenters. The Labute approximate surface area is 183 Å². The van der Waals surface area contributed by atoms with Gasteiger partial charge in [0.2, 0.25) is 0 Å². The third-order valence-electron chi connectivity index (χ3n) is 5.72. The van der Waals surface area contributed by atoms with Gasteiger partial charge in [-0.15, -0.1) is 0 Å². The van der Waals surface area contributed by atoms with E-state index in [0.29, 0.717) is 6.54 Å². The van der Waals surface area contributed by atoms with E-state index in [1.165, 1.54) is 23.6 Å². The van der Waals surface area contributed by atoms with Crippen LogP contribution in [0.3, 0.4) is 0 Å². The van der Waals surface area contributed by atoms with Gasteiger partial charge in [0.1, 0.15) is 5.54 Å². The van der Waals surface area contributed by atoms with Gasteiger partial charge in [0, 0.05) is 6.54 Å². The number of aliphatic hydroxyl groups excluding tert-OH is 1. The summed E-state index contributed by atoms with van der Waals surface area (Å²) in [6.07, 6.45) is 4.22. The largest absolute Gasteiger partial charge is 0.480 e. The number of hydrogen-bond acceptors (Lipinski definition) is 3. The van der Waals surface area contributed by atoms with Crippen molar-refractivity contribution < 1.29 is 15.0 Å². The van der Waals surface area contributed by atoms with Crippen molar-refractivity contribution in [1.82, 2.24) is 5.32 Å². The van der Waals surface area contributed by atoms with Crippen LogP contribution in [-0.2, 0) is 11.3 Å². The third-order valence-corrected chi connectivity index (χ3v) is 5.72. The predicted octanol–water partition coefficient (Wildman–Crippen LogP) is 5.07. The first-order valence-corrected chi connectivity index (χ1v) is 10.4. The minimum absolute atomic E-state index is 0.354. The lowest BCUT2D eigenvalue weighted by molar-refractivity contribution is -0.145. The minimum Gasteiger partial charge on any atom is -0.480 e. The number of carboxylic acids is 1. The Hall–Kier alpha value is -3.21. The lowest BCUT2D eigenvalue weighted by Gasteiger charge is -2.24. The highest BCUT2D eigenvalue weighted by atomic mass is 16.4. The van der Waals surface area contributed by atoms with E-state index in [-0.39, 0.29) is 0 Å². The van der Waals surface area contributed by atoms with Crippen molar-refractivity contribution in [3.8, 4) is 11.1 Å². The number of benzene rings is 3. The average Bonchev–Trinajstić information content (AvgIpc) is 2.78. The number of aliphatic hydroxyl groups is 1. The number of nitrogens with one attached hydrogen (secondary N) is 1. The average molecular weight is 416 g/mol. The van der Waals surface area contributed by atoms with E-state index in [2.05, 4.69) is 67.7 Å². The number of hydrogen-bond donors (Lipinski definition) is 3. The zero-order valence-corrected chi connectivity index (χ0v) is 18.2. The molecule has 3 aromatic carbocycles. The molecule has 0 amide bonds. The zero-order valence-electron chi connectivity index (χ0n) is 18.2.